The van der Waals surface area contributed by atoms with Crippen molar-refractivity contribution in [3.8, 4) is 0 Å². The highest BCUT2D eigenvalue weighted by Gasteiger charge is 2.40. The fourth-order valence-corrected chi connectivity index (χ4v) is 1.42. The number of benzene rings is 1. The van der Waals surface area contributed by atoms with Crippen molar-refractivity contribution in [3.63, 3.8) is 0 Å². The Hall–Kier alpha value is -1.49. The molecular formula is C10H8F3NO. The Morgan fingerprint density at radius 3 is 2.47 bits per heavy atom. The summed E-state index contributed by atoms with van der Waals surface area (Å²) in [6.07, 6.45) is -7.09. The van der Waals surface area contributed by atoms with E-state index < -0.39 is 12.3 Å². The number of hydrogen-bond acceptors (Lipinski definition) is 1. The van der Waals surface area contributed by atoms with Crippen LogP contribution in [-0.2, 0) is 0 Å². The number of rotatable bonds is 1. The summed E-state index contributed by atoms with van der Waals surface area (Å²) in [5.41, 5.74) is 0.347. The van der Waals surface area contributed by atoms with Gasteiger partial charge in [-0.05, 0) is 17.5 Å². The molecular weight excluding hydrogens is 207 g/mol. The van der Waals surface area contributed by atoms with Crippen molar-refractivity contribution in [1.82, 2.24) is 4.98 Å². The molecule has 0 saturated carbocycles. The number of nitrogens with one attached hydrogen (secondary N) is 1. The lowest BCUT2D eigenvalue weighted by Crippen LogP contribution is -2.20. The number of hydrogen-bond donors (Lipinski definition) is 2. The van der Waals surface area contributed by atoms with Crippen LogP contribution >= 0.6 is 0 Å². The van der Waals surface area contributed by atoms with Gasteiger partial charge in [0, 0.05) is 5.52 Å². The van der Waals surface area contributed by atoms with E-state index in [9.17, 15) is 13.2 Å². The molecule has 1 atom stereocenters. The Balaban J connectivity index is 2.45. The van der Waals surface area contributed by atoms with Gasteiger partial charge >= 0.3 is 6.18 Å². The summed E-state index contributed by atoms with van der Waals surface area (Å²) < 4.78 is 36.6. The maximum atomic E-state index is 12.2. The molecule has 0 saturated heterocycles. The maximum Gasteiger partial charge on any atom is 0.420 e. The average Bonchev–Trinajstić information content (AvgIpc) is 2.58. The third-order valence-electron chi connectivity index (χ3n) is 2.16. The van der Waals surface area contributed by atoms with Crippen LogP contribution in [0.25, 0.3) is 10.9 Å². The molecule has 80 valence electrons. The topological polar surface area (TPSA) is 36.0 Å². The molecule has 0 amide bonds. The van der Waals surface area contributed by atoms with Gasteiger partial charge in [-0.25, -0.2) is 0 Å². The van der Waals surface area contributed by atoms with Crippen molar-refractivity contribution >= 4 is 10.9 Å². The Morgan fingerprint density at radius 1 is 1.20 bits per heavy atom. The molecule has 15 heavy (non-hydrogen) atoms. The lowest BCUT2D eigenvalue weighted by atomic mass is 10.2. The number of aliphatic hydroxyl groups excluding tert-OH is 1. The summed E-state index contributed by atoms with van der Waals surface area (Å²) in [7, 11) is 0. The molecule has 1 aromatic heterocycles. The van der Waals surface area contributed by atoms with E-state index in [0.29, 0.717) is 10.9 Å². The number of aromatic nitrogens is 1. The molecule has 5 heteroatoms. The number of fused-ring (bicyclic) bond motifs is 1. The second-order valence-corrected chi connectivity index (χ2v) is 3.26. The molecule has 1 heterocycles. The predicted octanol–water partition coefficient (Wildman–Crippen LogP) is 2.76. The molecule has 0 aliphatic heterocycles. The lowest BCUT2D eigenvalue weighted by molar-refractivity contribution is -0.207. The third kappa shape index (κ3) is 1.83. The van der Waals surface area contributed by atoms with Gasteiger partial charge in [-0.1, -0.05) is 18.2 Å². The van der Waals surface area contributed by atoms with Crippen molar-refractivity contribution in [2.45, 2.75) is 12.3 Å². The number of para-hydroxylation sites is 1. The minimum Gasteiger partial charge on any atom is -0.378 e. The molecule has 2 rings (SSSR count). The lowest BCUT2D eigenvalue weighted by Gasteiger charge is -2.12. The van der Waals surface area contributed by atoms with E-state index >= 15 is 0 Å². The molecule has 0 bridgehead atoms. The van der Waals surface area contributed by atoms with E-state index in [1.807, 2.05) is 0 Å². The zero-order chi connectivity index (χ0) is 11.1. The summed E-state index contributed by atoms with van der Waals surface area (Å²) in [4.78, 5) is 2.53. The van der Waals surface area contributed by atoms with Crippen LogP contribution in [0.3, 0.4) is 0 Å². The largest absolute Gasteiger partial charge is 0.420 e. The molecule has 0 spiro atoms. The first-order valence-electron chi connectivity index (χ1n) is 4.31. The second-order valence-electron chi connectivity index (χ2n) is 3.26. The first kappa shape index (κ1) is 10.0. The van der Waals surface area contributed by atoms with Crippen LogP contribution in [0.5, 0.6) is 0 Å². The standard InChI is InChI=1S/C10H8F3NO/c11-10(12,13)9(15)8-5-6-3-1-2-4-7(6)14-8/h1-5,9,14-15H/t9-/m1/s1. The van der Waals surface area contributed by atoms with Crippen LogP contribution in [0.2, 0.25) is 0 Å². The Bertz CT molecular complexity index is 442. The van der Waals surface area contributed by atoms with Crippen molar-refractivity contribution in [2.75, 3.05) is 0 Å². The molecule has 0 radical (unpaired) electrons. The zero-order valence-electron chi connectivity index (χ0n) is 7.55. The van der Waals surface area contributed by atoms with Gasteiger partial charge in [0.2, 0.25) is 0 Å². The molecule has 2 N–H and O–H groups in total. The minimum atomic E-state index is -4.64. The van der Waals surface area contributed by atoms with Gasteiger partial charge in [-0.2, -0.15) is 13.2 Å². The van der Waals surface area contributed by atoms with Crippen molar-refractivity contribution in [1.29, 1.82) is 0 Å². The SMILES string of the molecule is O[C@H](c1cc2ccccc2[nH]1)C(F)(F)F. The van der Waals surface area contributed by atoms with Crippen LogP contribution in [0.1, 0.15) is 11.8 Å². The van der Waals surface area contributed by atoms with Crippen molar-refractivity contribution < 1.29 is 18.3 Å². The molecule has 0 aliphatic rings. The second kappa shape index (κ2) is 3.27. The number of alkyl halides is 3. The fourth-order valence-electron chi connectivity index (χ4n) is 1.42. The summed E-state index contributed by atoms with van der Waals surface area (Å²) in [5.74, 6) is 0. The van der Waals surface area contributed by atoms with Gasteiger partial charge in [0.05, 0.1) is 5.69 Å². The maximum absolute atomic E-state index is 12.2. The summed E-state index contributed by atoms with van der Waals surface area (Å²) in [6, 6.07) is 8.07. The van der Waals surface area contributed by atoms with E-state index in [4.69, 9.17) is 5.11 Å². The highest BCUT2D eigenvalue weighted by Crippen LogP contribution is 2.33. The van der Waals surface area contributed by atoms with E-state index in [-0.39, 0.29) is 5.69 Å². The highest BCUT2D eigenvalue weighted by molar-refractivity contribution is 5.80. The van der Waals surface area contributed by atoms with Crippen molar-refractivity contribution in [3.05, 3.63) is 36.0 Å². The first-order valence-corrected chi connectivity index (χ1v) is 4.31. The Labute approximate surface area is 83.3 Å². The third-order valence-corrected chi connectivity index (χ3v) is 2.16. The van der Waals surface area contributed by atoms with Gasteiger partial charge in [0.25, 0.3) is 0 Å². The van der Waals surface area contributed by atoms with E-state index in [2.05, 4.69) is 4.98 Å². The Kier molecular flexibility index (Phi) is 2.19. The first-order chi connectivity index (χ1) is 6.98. The molecule has 2 aromatic rings. The molecule has 2 nitrogen and oxygen atoms in total. The fraction of sp³-hybridized carbons (Fsp3) is 0.200. The van der Waals surface area contributed by atoms with Gasteiger partial charge in [-0.3, -0.25) is 0 Å². The average molecular weight is 215 g/mol. The number of halogens is 3. The normalized spacial score (nSPS) is 14.4. The summed E-state index contributed by atoms with van der Waals surface area (Å²) >= 11 is 0. The predicted molar refractivity (Wildman–Crippen MR) is 49.3 cm³/mol. The van der Waals surface area contributed by atoms with Gasteiger partial charge < -0.3 is 10.1 Å². The molecule has 0 fully saturated rings. The molecule has 1 aromatic carbocycles. The van der Waals surface area contributed by atoms with E-state index in [1.165, 1.54) is 6.07 Å². The van der Waals surface area contributed by atoms with Gasteiger partial charge in [0.15, 0.2) is 6.10 Å². The molecule has 0 unspecified atom stereocenters. The summed E-state index contributed by atoms with van der Waals surface area (Å²) in [5, 5.41) is 9.65. The summed E-state index contributed by atoms with van der Waals surface area (Å²) in [6.45, 7) is 0. The van der Waals surface area contributed by atoms with Crippen LogP contribution in [0.4, 0.5) is 13.2 Å². The number of aromatic amines is 1. The van der Waals surface area contributed by atoms with Crippen LogP contribution < -0.4 is 0 Å². The minimum absolute atomic E-state index is 0.233. The van der Waals surface area contributed by atoms with E-state index in [1.54, 1.807) is 24.3 Å². The number of H-pyrrole nitrogens is 1. The van der Waals surface area contributed by atoms with E-state index in [0.717, 1.165) is 0 Å². The monoisotopic (exact) mass is 215 g/mol. The quantitative estimate of drug-likeness (QED) is 0.753. The Morgan fingerprint density at radius 2 is 1.87 bits per heavy atom. The zero-order valence-corrected chi connectivity index (χ0v) is 7.55. The van der Waals surface area contributed by atoms with Gasteiger partial charge in [-0.15, -0.1) is 0 Å². The van der Waals surface area contributed by atoms with Crippen LogP contribution in [-0.4, -0.2) is 16.3 Å². The molecule has 0 aliphatic carbocycles. The number of aliphatic hydroxyl groups is 1. The van der Waals surface area contributed by atoms with Crippen LogP contribution in [0.15, 0.2) is 30.3 Å². The highest BCUT2D eigenvalue weighted by atomic mass is 19.4. The van der Waals surface area contributed by atoms with Crippen molar-refractivity contribution in [2.24, 2.45) is 0 Å². The smallest absolute Gasteiger partial charge is 0.378 e. The van der Waals surface area contributed by atoms with Crippen LogP contribution in [0, 0.1) is 0 Å². The van der Waals surface area contributed by atoms with Gasteiger partial charge in [0.1, 0.15) is 0 Å².